The van der Waals surface area contributed by atoms with Crippen molar-refractivity contribution in [3.63, 3.8) is 0 Å². The minimum atomic E-state index is -0.545. The molecule has 1 aliphatic rings. The van der Waals surface area contributed by atoms with Crippen molar-refractivity contribution in [2.75, 3.05) is 13.7 Å². The lowest BCUT2D eigenvalue weighted by atomic mass is 9.80. The Morgan fingerprint density at radius 1 is 1.44 bits per heavy atom. The van der Waals surface area contributed by atoms with Gasteiger partial charge in [0, 0.05) is 24.2 Å². The zero-order chi connectivity index (χ0) is 13.2. The zero-order valence-corrected chi connectivity index (χ0v) is 10.9. The van der Waals surface area contributed by atoms with Gasteiger partial charge in [0.25, 0.3) is 0 Å². The first-order valence-electron chi connectivity index (χ1n) is 6.37. The smallest absolute Gasteiger partial charge is 0.124 e. The number of phenols is 1. The first kappa shape index (κ1) is 13.2. The highest BCUT2D eigenvalue weighted by molar-refractivity contribution is 5.41. The second-order valence-corrected chi connectivity index (χ2v) is 5.11. The first-order chi connectivity index (χ1) is 8.54. The largest absolute Gasteiger partial charge is 0.507 e. The molecule has 4 heteroatoms. The topological polar surface area (TPSA) is 61.7 Å². The molecule has 0 amide bonds. The average molecular weight is 251 g/mol. The summed E-state index contributed by atoms with van der Waals surface area (Å²) in [5.74, 6) is 0.857. The molecular formula is C14H21NO3. The van der Waals surface area contributed by atoms with Crippen LogP contribution in [0.25, 0.3) is 0 Å². The van der Waals surface area contributed by atoms with Crippen LogP contribution in [0.2, 0.25) is 0 Å². The van der Waals surface area contributed by atoms with Crippen molar-refractivity contribution in [1.29, 1.82) is 0 Å². The van der Waals surface area contributed by atoms with Gasteiger partial charge >= 0.3 is 0 Å². The van der Waals surface area contributed by atoms with E-state index in [1.807, 2.05) is 19.1 Å². The van der Waals surface area contributed by atoms with Crippen molar-refractivity contribution in [3.8, 4) is 11.5 Å². The number of ether oxygens (including phenoxy) is 1. The van der Waals surface area contributed by atoms with Gasteiger partial charge in [-0.2, -0.15) is 0 Å². The standard InChI is InChI=1S/C14H21NO3/c1-10(15-9-14(17)6-3-7-14)12-5-4-11(18-2)8-13(12)16/h4-5,8,10,15-17H,3,6-7,9H2,1-2H3. The molecule has 1 fully saturated rings. The molecule has 1 aromatic carbocycles. The second kappa shape index (κ2) is 5.16. The molecule has 0 spiro atoms. The molecule has 0 aromatic heterocycles. The van der Waals surface area contributed by atoms with Crippen LogP contribution in [0.5, 0.6) is 11.5 Å². The van der Waals surface area contributed by atoms with E-state index in [0.717, 1.165) is 24.8 Å². The number of rotatable bonds is 5. The van der Waals surface area contributed by atoms with Crippen LogP contribution in [-0.2, 0) is 0 Å². The lowest BCUT2D eigenvalue weighted by Gasteiger charge is -2.37. The van der Waals surface area contributed by atoms with E-state index < -0.39 is 5.60 Å². The Hall–Kier alpha value is -1.26. The summed E-state index contributed by atoms with van der Waals surface area (Å²) in [7, 11) is 1.57. The molecule has 1 aromatic rings. The van der Waals surface area contributed by atoms with Gasteiger partial charge in [0.1, 0.15) is 11.5 Å². The van der Waals surface area contributed by atoms with Crippen LogP contribution in [-0.4, -0.2) is 29.5 Å². The number of benzene rings is 1. The third-order valence-electron chi connectivity index (χ3n) is 3.73. The molecule has 0 saturated heterocycles. The van der Waals surface area contributed by atoms with E-state index in [1.165, 1.54) is 0 Å². The maximum absolute atomic E-state index is 10.0. The van der Waals surface area contributed by atoms with Crippen molar-refractivity contribution in [2.45, 2.75) is 37.8 Å². The summed E-state index contributed by atoms with van der Waals surface area (Å²) in [6, 6.07) is 5.27. The number of aliphatic hydroxyl groups is 1. The fourth-order valence-corrected chi connectivity index (χ4v) is 2.23. The molecule has 0 bridgehead atoms. The quantitative estimate of drug-likeness (QED) is 0.748. The Labute approximate surface area is 108 Å². The van der Waals surface area contributed by atoms with E-state index in [2.05, 4.69) is 5.32 Å². The van der Waals surface area contributed by atoms with E-state index in [-0.39, 0.29) is 11.8 Å². The number of methoxy groups -OCH3 is 1. The SMILES string of the molecule is COc1ccc(C(C)NCC2(O)CCC2)c(O)c1. The summed E-state index contributed by atoms with van der Waals surface area (Å²) < 4.78 is 5.05. The second-order valence-electron chi connectivity index (χ2n) is 5.11. The Bertz CT molecular complexity index is 416. The zero-order valence-electron chi connectivity index (χ0n) is 10.9. The van der Waals surface area contributed by atoms with Gasteiger partial charge in [-0.15, -0.1) is 0 Å². The van der Waals surface area contributed by atoms with E-state index in [4.69, 9.17) is 4.74 Å². The third-order valence-corrected chi connectivity index (χ3v) is 3.73. The molecule has 4 nitrogen and oxygen atoms in total. The van der Waals surface area contributed by atoms with Gasteiger partial charge in [-0.05, 0) is 32.3 Å². The van der Waals surface area contributed by atoms with Crippen molar-refractivity contribution < 1.29 is 14.9 Å². The van der Waals surface area contributed by atoms with Crippen LogP contribution in [0.4, 0.5) is 0 Å². The van der Waals surface area contributed by atoms with Crippen LogP contribution >= 0.6 is 0 Å². The first-order valence-corrected chi connectivity index (χ1v) is 6.37. The van der Waals surface area contributed by atoms with Crippen molar-refractivity contribution >= 4 is 0 Å². The van der Waals surface area contributed by atoms with Gasteiger partial charge in [0.05, 0.1) is 12.7 Å². The number of phenolic OH excluding ortho intramolecular Hbond substituents is 1. The van der Waals surface area contributed by atoms with Crippen molar-refractivity contribution in [2.24, 2.45) is 0 Å². The summed E-state index contributed by atoms with van der Waals surface area (Å²) in [4.78, 5) is 0. The van der Waals surface area contributed by atoms with E-state index >= 15 is 0 Å². The molecule has 0 radical (unpaired) electrons. The molecule has 0 heterocycles. The van der Waals surface area contributed by atoms with Crippen molar-refractivity contribution in [3.05, 3.63) is 23.8 Å². The molecule has 1 aliphatic carbocycles. The highest BCUT2D eigenvalue weighted by Crippen LogP contribution is 2.32. The molecule has 2 rings (SSSR count). The number of hydrogen-bond acceptors (Lipinski definition) is 4. The van der Waals surface area contributed by atoms with Crippen molar-refractivity contribution in [1.82, 2.24) is 5.32 Å². The van der Waals surface area contributed by atoms with Crippen LogP contribution in [0, 0.1) is 0 Å². The summed E-state index contributed by atoms with van der Waals surface area (Å²) >= 11 is 0. The molecule has 1 saturated carbocycles. The van der Waals surface area contributed by atoms with Gasteiger partial charge in [-0.3, -0.25) is 0 Å². The minimum Gasteiger partial charge on any atom is -0.507 e. The Kier molecular flexibility index (Phi) is 3.78. The normalized spacial score (nSPS) is 19.1. The van der Waals surface area contributed by atoms with E-state index in [9.17, 15) is 10.2 Å². The van der Waals surface area contributed by atoms with Gasteiger partial charge in [-0.1, -0.05) is 6.07 Å². The van der Waals surface area contributed by atoms with E-state index in [1.54, 1.807) is 13.2 Å². The van der Waals surface area contributed by atoms with Gasteiger partial charge in [0.2, 0.25) is 0 Å². The predicted molar refractivity (Wildman–Crippen MR) is 69.9 cm³/mol. The average Bonchev–Trinajstić information content (AvgIpc) is 2.33. The lowest BCUT2D eigenvalue weighted by molar-refractivity contribution is -0.0329. The highest BCUT2D eigenvalue weighted by Gasteiger charge is 2.34. The van der Waals surface area contributed by atoms with E-state index in [0.29, 0.717) is 12.3 Å². The number of nitrogens with one attached hydrogen (secondary N) is 1. The fraction of sp³-hybridized carbons (Fsp3) is 0.571. The Morgan fingerprint density at radius 2 is 2.17 bits per heavy atom. The van der Waals surface area contributed by atoms with Crippen LogP contribution < -0.4 is 10.1 Å². The fourth-order valence-electron chi connectivity index (χ4n) is 2.23. The van der Waals surface area contributed by atoms with Crippen LogP contribution in [0.3, 0.4) is 0 Å². The highest BCUT2D eigenvalue weighted by atomic mass is 16.5. The summed E-state index contributed by atoms with van der Waals surface area (Å²) in [6.07, 6.45) is 2.82. The number of aromatic hydroxyl groups is 1. The van der Waals surface area contributed by atoms with Crippen LogP contribution in [0.1, 0.15) is 37.8 Å². The van der Waals surface area contributed by atoms with Gasteiger partial charge in [0.15, 0.2) is 0 Å². The minimum absolute atomic E-state index is 0.000492. The summed E-state index contributed by atoms with van der Waals surface area (Å²) in [6.45, 7) is 2.54. The maximum atomic E-state index is 10.0. The predicted octanol–water partition coefficient (Wildman–Crippen LogP) is 1.97. The summed E-state index contributed by atoms with van der Waals surface area (Å²) in [5.41, 5.74) is 0.273. The molecule has 18 heavy (non-hydrogen) atoms. The van der Waals surface area contributed by atoms with Crippen LogP contribution in [0.15, 0.2) is 18.2 Å². The molecule has 3 N–H and O–H groups in total. The Morgan fingerprint density at radius 3 is 2.67 bits per heavy atom. The molecule has 1 atom stereocenters. The molecule has 0 aliphatic heterocycles. The van der Waals surface area contributed by atoms with Gasteiger partial charge in [-0.25, -0.2) is 0 Å². The molecule has 1 unspecified atom stereocenters. The maximum Gasteiger partial charge on any atom is 0.124 e. The number of hydrogen-bond donors (Lipinski definition) is 3. The summed E-state index contributed by atoms with van der Waals surface area (Å²) in [5, 5.41) is 23.2. The lowest BCUT2D eigenvalue weighted by Crippen LogP contribution is -2.46. The molecular weight excluding hydrogens is 230 g/mol. The molecule has 100 valence electrons. The Balaban J connectivity index is 1.97. The third kappa shape index (κ3) is 2.76. The monoisotopic (exact) mass is 251 g/mol. The van der Waals surface area contributed by atoms with Gasteiger partial charge < -0.3 is 20.3 Å².